The van der Waals surface area contributed by atoms with E-state index in [0.29, 0.717) is 6.42 Å². The van der Waals surface area contributed by atoms with Gasteiger partial charge in [-0.3, -0.25) is 4.79 Å². The molecule has 2 aliphatic heterocycles. The van der Waals surface area contributed by atoms with E-state index < -0.39 is 33.2 Å². The second kappa shape index (κ2) is 8.75. The molecule has 2 aliphatic rings. The van der Waals surface area contributed by atoms with Crippen LogP contribution in [0.15, 0.2) is 23.1 Å². The first kappa shape index (κ1) is 23.8. The van der Waals surface area contributed by atoms with Crippen LogP contribution in [0.3, 0.4) is 0 Å². The van der Waals surface area contributed by atoms with Gasteiger partial charge in [0.1, 0.15) is 11.9 Å². The van der Waals surface area contributed by atoms with Crippen molar-refractivity contribution in [1.29, 1.82) is 0 Å². The third kappa shape index (κ3) is 5.01. The minimum Gasteiger partial charge on any atom is -0.496 e. The smallest absolute Gasteiger partial charge is 0.255 e. The molecule has 0 unspecified atom stereocenters. The van der Waals surface area contributed by atoms with Gasteiger partial charge in [0, 0.05) is 6.42 Å². The van der Waals surface area contributed by atoms with E-state index in [9.17, 15) is 18.3 Å². The molecule has 0 aliphatic carbocycles. The summed E-state index contributed by atoms with van der Waals surface area (Å²) in [7, 11) is -2.59. The highest BCUT2D eigenvalue weighted by Gasteiger charge is 2.49. The van der Waals surface area contributed by atoms with E-state index in [-0.39, 0.29) is 35.2 Å². The van der Waals surface area contributed by atoms with Crippen molar-refractivity contribution < 1.29 is 27.8 Å². The molecule has 11 heteroatoms. The summed E-state index contributed by atoms with van der Waals surface area (Å²) in [6.45, 7) is 3.51. The zero-order chi connectivity index (χ0) is 20.6. The molecule has 2 atom stereocenters. The number of nitrogens with one attached hydrogen (secondary N) is 2. The zero-order valence-electron chi connectivity index (χ0n) is 16.4. The van der Waals surface area contributed by atoms with Gasteiger partial charge in [-0.05, 0) is 51.1 Å². The number of sulfonamides is 1. The van der Waals surface area contributed by atoms with Gasteiger partial charge in [0.15, 0.2) is 0 Å². The average Bonchev–Trinajstić information content (AvgIpc) is 2.64. The predicted molar refractivity (Wildman–Crippen MR) is 109 cm³/mol. The number of aliphatic hydroxyl groups is 1. The number of hydrogen-bond donors (Lipinski definition) is 4. The fourth-order valence-electron chi connectivity index (χ4n) is 3.98. The SMILES string of the molecule is COc1ccc(S(N)(=O)=O)cc1C(=O)N[C@@]1(C)CC2(CCNCC2)OC[C@@H]1O.Cl. The van der Waals surface area contributed by atoms with E-state index >= 15 is 0 Å². The number of halogens is 1. The van der Waals surface area contributed by atoms with E-state index in [1.54, 1.807) is 6.92 Å². The number of carbonyl (C=O) groups is 1. The number of rotatable bonds is 4. The van der Waals surface area contributed by atoms with Gasteiger partial charge in [-0.1, -0.05) is 0 Å². The number of primary sulfonamides is 1. The minimum atomic E-state index is -3.98. The maximum Gasteiger partial charge on any atom is 0.255 e. The van der Waals surface area contributed by atoms with E-state index in [0.717, 1.165) is 25.9 Å². The van der Waals surface area contributed by atoms with Crippen molar-refractivity contribution >= 4 is 28.3 Å². The van der Waals surface area contributed by atoms with Gasteiger partial charge in [-0.2, -0.15) is 0 Å². The highest BCUT2D eigenvalue weighted by atomic mass is 35.5. The number of benzene rings is 1. The first-order valence-electron chi connectivity index (χ1n) is 9.15. The molecule has 3 rings (SSSR count). The number of amides is 1. The molecule has 0 aromatic heterocycles. The van der Waals surface area contributed by atoms with Crippen LogP contribution >= 0.6 is 12.4 Å². The van der Waals surface area contributed by atoms with Gasteiger partial charge in [-0.15, -0.1) is 12.4 Å². The van der Waals surface area contributed by atoms with Gasteiger partial charge in [0.05, 0.1) is 35.3 Å². The van der Waals surface area contributed by atoms with Crippen molar-refractivity contribution in [2.75, 3.05) is 26.8 Å². The molecular weight excluding hydrogens is 422 g/mol. The predicted octanol–water partition coefficient (Wildman–Crippen LogP) is 0.156. The van der Waals surface area contributed by atoms with Crippen molar-refractivity contribution in [1.82, 2.24) is 10.6 Å². The molecule has 9 nitrogen and oxygen atoms in total. The Morgan fingerprint density at radius 2 is 2.03 bits per heavy atom. The van der Waals surface area contributed by atoms with E-state index in [4.69, 9.17) is 14.6 Å². The molecule has 0 saturated carbocycles. The monoisotopic (exact) mass is 449 g/mol. The molecule has 2 saturated heterocycles. The molecule has 0 bridgehead atoms. The van der Waals surface area contributed by atoms with Crippen LogP contribution in [0.25, 0.3) is 0 Å². The van der Waals surface area contributed by atoms with E-state index in [1.165, 1.54) is 25.3 Å². The van der Waals surface area contributed by atoms with Crippen LogP contribution in [0.1, 0.15) is 36.5 Å². The molecule has 5 N–H and O–H groups in total. The van der Waals surface area contributed by atoms with Crippen LogP contribution in [0, 0.1) is 0 Å². The fourth-order valence-corrected chi connectivity index (χ4v) is 4.52. The van der Waals surface area contributed by atoms with Crippen LogP contribution < -0.4 is 20.5 Å². The molecule has 2 fully saturated rings. The normalized spacial score (nSPS) is 26.4. The number of ether oxygens (including phenoxy) is 2. The van der Waals surface area contributed by atoms with Crippen molar-refractivity contribution in [2.24, 2.45) is 5.14 Å². The Morgan fingerprint density at radius 1 is 1.38 bits per heavy atom. The summed E-state index contributed by atoms with van der Waals surface area (Å²) >= 11 is 0. The largest absolute Gasteiger partial charge is 0.496 e. The molecule has 0 radical (unpaired) electrons. The van der Waals surface area contributed by atoms with E-state index in [1.807, 2.05) is 0 Å². The summed E-state index contributed by atoms with van der Waals surface area (Å²) in [6.07, 6.45) is 1.13. The quantitative estimate of drug-likeness (QED) is 0.513. The second-order valence-electron chi connectivity index (χ2n) is 7.72. The van der Waals surface area contributed by atoms with Crippen LogP contribution in [-0.2, 0) is 14.8 Å². The van der Waals surface area contributed by atoms with Gasteiger partial charge < -0.3 is 25.2 Å². The summed E-state index contributed by atoms with van der Waals surface area (Å²) < 4.78 is 34.5. The number of methoxy groups -OCH3 is 1. The molecule has 2 heterocycles. The lowest BCUT2D eigenvalue weighted by atomic mass is 9.75. The third-order valence-electron chi connectivity index (χ3n) is 5.63. The maximum absolute atomic E-state index is 13.0. The highest BCUT2D eigenvalue weighted by Crippen LogP contribution is 2.38. The second-order valence-corrected chi connectivity index (χ2v) is 9.28. The first-order valence-corrected chi connectivity index (χ1v) is 10.7. The maximum atomic E-state index is 13.0. The molecule has 164 valence electrons. The Kier molecular flexibility index (Phi) is 7.19. The van der Waals surface area contributed by atoms with E-state index in [2.05, 4.69) is 10.6 Å². The van der Waals surface area contributed by atoms with Crippen molar-refractivity contribution in [2.45, 2.75) is 48.3 Å². The van der Waals surface area contributed by atoms with Gasteiger partial charge in [0.2, 0.25) is 10.0 Å². The Hall–Kier alpha value is -1.43. The van der Waals surface area contributed by atoms with Crippen molar-refractivity contribution in [3.05, 3.63) is 23.8 Å². The lowest BCUT2D eigenvalue weighted by molar-refractivity contribution is -0.169. The number of hydrogen-bond acceptors (Lipinski definition) is 7. The molecule has 1 aromatic rings. The summed E-state index contributed by atoms with van der Waals surface area (Å²) in [5, 5.41) is 21.9. The minimum absolute atomic E-state index is 0. The molecule has 1 spiro atoms. The fraction of sp³-hybridized carbons (Fsp3) is 0.611. The van der Waals surface area contributed by atoms with Gasteiger partial charge >= 0.3 is 0 Å². The number of nitrogens with two attached hydrogens (primary N) is 1. The van der Waals surface area contributed by atoms with Crippen molar-refractivity contribution in [3.63, 3.8) is 0 Å². The lowest BCUT2D eigenvalue weighted by Crippen LogP contribution is -2.65. The molecular formula is C18H28ClN3O6S. The zero-order valence-corrected chi connectivity index (χ0v) is 18.1. The summed E-state index contributed by atoms with van der Waals surface area (Å²) in [4.78, 5) is 12.8. The Balaban J connectivity index is 0.00000300. The Labute approximate surface area is 176 Å². The number of aliphatic hydroxyl groups excluding tert-OH is 1. The van der Waals surface area contributed by atoms with Crippen LogP contribution in [-0.4, -0.2) is 63.5 Å². The summed E-state index contributed by atoms with van der Waals surface area (Å²) in [5.41, 5.74) is -1.30. The van der Waals surface area contributed by atoms with Crippen molar-refractivity contribution in [3.8, 4) is 5.75 Å². The number of carbonyl (C=O) groups excluding carboxylic acids is 1. The van der Waals surface area contributed by atoms with Crippen LogP contribution in [0.2, 0.25) is 0 Å². The summed E-state index contributed by atoms with van der Waals surface area (Å²) in [6, 6.07) is 3.84. The summed E-state index contributed by atoms with van der Waals surface area (Å²) in [5.74, 6) is -0.332. The highest BCUT2D eigenvalue weighted by molar-refractivity contribution is 7.89. The molecule has 29 heavy (non-hydrogen) atoms. The molecule has 1 amide bonds. The average molecular weight is 450 g/mol. The topological polar surface area (TPSA) is 140 Å². The lowest BCUT2D eigenvalue weighted by Gasteiger charge is -2.50. The van der Waals surface area contributed by atoms with Crippen LogP contribution in [0.4, 0.5) is 0 Å². The Morgan fingerprint density at radius 3 is 2.62 bits per heavy atom. The number of piperidine rings is 1. The first-order chi connectivity index (χ1) is 13.1. The van der Waals surface area contributed by atoms with Gasteiger partial charge in [-0.25, -0.2) is 13.6 Å². The standard InChI is InChI=1S/C18H27N3O6S.ClH/c1-17(11-18(27-10-15(17)22)5-7-20-8-6-18)21-16(23)13-9-12(28(19,24)25)3-4-14(13)26-2;/h3-4,9,15,20,22H,5-8,10-11H2,1-2H3,(H,21,23)(H2,19,24,25);1H/t15-,17-;/m0./s1. The Bertz CT molecular complexity index is 859. The third-order valence-corrected chi connectivity index (χ3v) is 6.54. The van der Waals surface area contributed by atoms with Gasteiger partial charge in [0.25, 0.3) is 5.91 Å². The van der Waals surface area contributed by atoms with Crippen LogP contribution in [0.5, 0.6) is 5.75 Å². The molecule has 1 aromatic carbocycles.